The van der Waals surface area contributed by atoms with Gasteiger partial charge in [-0.3, -0.25) is 9.59 Å². The molecule has 0 fully saturated rings. The number of aliphatic carboxylic acids is 1. The van der Waals surface area contributed by atoms with Gasteiger partial charge in [0.05, 0.1) is 5.69 Å². The molecule has 0 atom stereocenters. The first-order chi connectivity index (χ1) is 12.1. The van der Waals surface area contributed by atoms with E-state index in [2.05, 4.69) is 10.4 Å². The zero-order chi connectivity index (χ0) is 17.8. The first-order valence-corrected chi connectivity index (χ1v) is 8.43. The first kappa shape index (κ1) is 17.1. The number of nitrogens with zero attached hydrogens (tertiary/aromatic N) is 2. The lowest BCUT2D eigenvalue weighted by Crippen LogP contribution is -2.26. The Balaban J connectivity index is 1.73. The molecule has 0 aliphatic heterocycles. The number of unbranched alkanes of at least 4 members (excludes halogenated alkanes) is 1. The molecule has 25 heavy (non-hydrogen) atoms. The SMILES string of the molecule is O=C(O)CCCCNC(=O)c1nn(-c2cccc(F)c2)c2c1CCC2. The highest BCUT2D eigenvalue weighted by Gasteiger charge is 2.26. The molecule has 1 aliphatic carbocycles. The molecule has 1 heterocycles. The molecule has 1 amide bonds. The smallest absolute Gasteiger partial charge is 0.303 e. The molecule has 7 heteroatoms. The number of carboxylic acids is 1. The summed E-state index contributed by atoms with van der Waals surface area (Å²) in [6, 6.07) is 6.16. The van der Waals surface area contributed by atoms with E-state index in [9.17, 15) is 14.0 Å². The van der Waals surface area contributed by atoms with Crippen molar-refractivity contribution in [3.63, 3.8) is 0 Å². The first-order valence-electron chi connectivity index (χ1n) is 8.43. The molecule has 0 saturated carbocycles. The Morgan fingerprint density at radius 3 is 2.88 bits per heavy atom. The zero-order valence-corrected chi connectivity index (χ0v) is 13.8. The molecule has 0 unspecified atom stereocenters. The van der Waals surface area contributed by atoms with Crippen LogP contribution >= 0.6 is 0 Å². The fraction of sp³-hybridized carbons (Fsp3) is 0.389. The van der Waals surface area contributed by atoms with Crippen molar-refractivity contribution < 1.29 is 19.1 Å². The maximum absolute atomic E-state index is 13.5. The Morgan fingerprint density at radius 1 is 1.28 bits per heavy atom. The number of halogens is 1. The predicted molar refractivity (Wildman–Crippen MR) is 89.4 cm³/mol. The second-order valence-corrected chi connectivity index (χ2v) is 6.13. The summed E-state index contributed by atoms with van der Waals surface area (Å²) >= 11 is 0. The van der Waals surface area contributed by atoms with Gasteiger partial charge in [-0.05, 0) is 50.3 Å². The molecule has 2 aromatic rings. The maximum atomic E-state index is 13.5. The number of nitrogens with one attached hydrogen (secondary N) is 1. The molecule has 0 spiro atoms. The van der Waals surface area contributed by atoms with Crippen molar-refractivity contribution in [3.05, 3.63) is 47.0 Å². The van der Waals surface area contributed by atoms with Gasteiger partial charge in [0.15, 0.2) is 5.69 Å². The lowest BCUT2D eigenvalue weighted by molar-refractivity contribution is -0.137. The van der Waals surface area contributed by atoms with Gasteiger partial charge in [-0.15, -0.1) is 0 Å². The van der Waals surface area contributed by atoms with Crippen LogP contribution in [0, 0.1) is 5.82 Å². The highest BCUT2D eigenvalue weighted by Crippen LogP contribution is 2.28. The third-order valence-corrected chi connectivity index (χ3v) is 4.30. The van der Waals surface area contributed by atoms with Gasteiger partial charge in [0, 0.05) is 24.2 Å². The van der Waals surface area contributed by atoms with Gasteiger partial charge in [0.1, 0.15) is 5.82 Å². The van der Waals surface area contributed by atoms with E-state index < -0.39 is 5.97 Å². The van der Waals surface area contributed by atoms with Crippen molar-refractivity contribution in [2.24, 2.45) is 0 Å². The van der Waals surface area contributed by atoms with Crippen LogP contribution in [-0.2, 0) is 17.6 Å². The number of amides is 1. The van der Waals surface area contributed by atoms with Gasteiger partial charge < -0.3 is 10.4 Å². The number of carbonyl (C=O) groups excluding carboxylic acids is 1. The fourth-order valence-corrected chi connectivity index (χ4v) is 3.13. The lowest BCUT2D eigenvalue weighted by atomic mass is 10.2. The van der Waals surface area contributed by atoms with E-state index in [1.165, 1.54) is 12.1 Å². The monoisotopic (exact) mass is 345 g/mol. The third-order valence-electron chi connectivity index (χ3n) is 4.30. The largest absolute Gasteiger partial charge is 0.481 e. The second-order valence-electron chi connectivity index (χ2n) is 6.13. The highest BCUT2D eigenvalue weighted by atomic mass is 19.1. The second kappa shape index (κ2) is 7.46. The summed E-state index contributed by atoms with van der Waals surface area (Å²) < 4.78 is 15.2. The van der Waals surface area contributed by atoms with Gasteiger partial charge in [0.25, 0.3) is 5.91 Å². The quantitative estimate of drug-likeness (QED) is 0.755. The van der Waals surface area contributed by atoms with Crippen LogP contribution in [-0.4, -0.2) is 33.3 Å². The molecular formula is C18H20FN3O3. The van der Waals surface area contributed by atoms with E-state index in [1.807, 2.05) is 0 Å². The number of benzene rings is 1. The molecule has 1 aromatic heterocycles. The number of carboxylic acid groups (broad SMARTS) is 1. The molecule has 132 valence electrons. The Labute approximate surface area is 144 Å². The van der Waals surface area contributed by atoms with Crippen molar-refractivity contribution in [2.75, 3.05) is 6.54 Å². The van der Waals surface area contributed by atoms with Crippen molar-refractivity contribution in [1.29, 1.82) is 0 Å². The summed E-state index contributed by atoms with van der Waals surface area (Å²) in [5, 5.41) is 15.8. The van der Waals surface area contributed by atoms with Gasteiger partial charge in [-0.2, -0.15) is 5.10 Å². The summed E-state index contributed by atoms with van der Waals surface area (Å²) in [5.41, 5.74) is 2.88. The summed E-state index contributed by atoms with van der Waals surface area (Å²) in [6.07, 6.45) is 3.76. The highest BCUT2D eigenvalue weighted by molar-refractivity contribution is 5.94. The summed E-state index contributed by atoms with van der Waals surface area (Å²) in [4.78, 5) is 22.9. The van der Waals surface area contributed by atoms with Gasteiger partial charge in [-0.25, -0.2) is 9.07 Å². The van der Waals surface area contributed by atoms with E-state index in [4.69, 9.17) is 5.11 Å². The molecule has 0 radical (unpaired) electrons. The van der Waals surface area contributed by atoms with Crippen LogP contribution in [0.3, 0.4) is 0 Å². The van der Waals surface area contributed by atoms with Crippen molar-refractivity contribution in [2.45, 2.75) is 38.5 Å². The summed E-state index contributed by atoms with van der Waals surface area (Å²) in [6.45, 7) is 0.410. The van der Waals surface area contributed by atoms with Crippen LogP contribution < -0.4 is 5.32 Å². The van der Waals surface area contributed by atoms with Crippen molar-refractivity contribution in [3.8, 4) is 5.69 Å². The number of carbonyl (C=O) groups is 2. The number of aromatic nitrogens is 2. The molecule has 2 N–H and O–H groups in total. The molecule has 3 rings (SSSR count). The van der Waals surface area contributed by atoms with Crippen molar-refractivity contribution >= 4 is 11.9 Å². The van der Waals surface area contributed by atoms with Crippen LogP contribution in [0.15, 0.2) is 24.3 Å². The van der Waals surface area contributed by atoms with Crippen LogP contribution in [0.1, 0.15) is 47.4 Å². The predicted octanol–water partition coefficient (Wildman–Crippen LogP) is 2.48. The minimum absolute atomic E-state index is 0.0967. The topological polar surface area (TPSA) is 84.2 Å². The van der Waals surface area contributed by atoms with Crippen LogP contribution in [0.5, 0.6) is 0 Å². The number of rotatable bonds is 7. The van der Waals surface area contributed by atoms with Gasteiger partial charge >= 0.3 is 5.97 Å². The molecule has 6 nitrogen and oxygen atoms in total. The van der Waals surface area contributed by atoms with E-state index in [1.54, 1.807) is 16.8 Å². The minimum Gasteiger partial charge on any atom is -0.481 e. The van der Waals surface area contributed by atoms with Crippen LogP contribution in [0.2, 0.25) is 0 Å². The Hall–Kier alpha value is -2.70. The maximum Gasteiger partial charge on any atom is 0.303 e. The molecule has 0 bridgehead atoms. The number of fused-ring (bicyclic) bond motifs is 1. The lowest BCUT2D eigenvalue weighted by Gasteiger charge is -2.05. The van der Waals surface area contributed by atoms with Crippen molar-refractivity contribution in [1.82, 2.24) is 15.1 Å². The molecule has 1 aromatic carbocycles. The number of hydrogen-bond donors (Lipinski definition) is 2. The number of hydrogen-bond acceptors (Lipinski definition) is 3. The van der Waals surface area contributed by atoms with Crippen LogP contribution in [0.25, 0.3) is 5.69 Å². The van der Waals surface area contributed by atoms with E-state index in [-0.39, 0.29) is 18.1 Å². The van der Waals surface area contributed by atoms with E-state index in [0.717, 1.165) is 30.5 Å². The molecule has 0 saturated heterocycles. The summed E-state index contributed by atoms with van der Waals surface area (Å²) in [5.74, 6) is -1.44. The van der Waals surface area contributed by atoms with E-state index in [0.29, 0.717) is 30.8 Å². The Bertz CT molecular complexity index is 801. The average molecular weight is 345 g/mol. The van der Waals surface area contributed by atoms with Gasteiger partial charge in [0.2, 0.25) is 0 Å². The third kappa shape index (κ3) is 3.87. The minimum atomic E-state index is -0.835. The molecular weight excluding hydrogens is 325 g/mol. The Morgan fingerprint density at radius 2 is 2.12 bits per heavy atom. The Kier molecular flexibility index (Phi) is 5.11. The molecule has 1 aliphatic rings. The van der Waals surface area contributed by atoms with Crippen LogP contribution in [0.4, 0.5) is 4.39 Å². The zero-order valence-electron chi connectivity index (χ0n) is 13.8. The fourth-order valence-electron chi connectivity index (χ4n) is 3.13. The van der Waals surface area contributed by atoms with E-state index >= 15 is 0 Å². The average Bonchev–Trinajstić information content (AvgIpc) is 3.16. The van der Waals surface area contributed by atoms with Gasteiger partial charge in [-0.1, -0.05) is 6.07 Å². The summed E-state index contributed by atoms with van der Waals surface area (Å²) in [7, 11) is 0. The normalized spacial score (nSPS) is 12.8. The standard InChI is InChI=1S/C18H20FN3O3/c19-12-5-3-6-13(11-12)22-15-8-4-7-14(15)17(21-22)18(25)20-10-2-1-9-16(23)24/h3,5-6,11H,1-2,4,7-10H2,(H,20,25)(H,23,24).